The molecule has 6 heteroatoms. The molecule has 0 bridgehead atoms. The quantitative estimate of drug-likeness (QED) is 0.651. The molecule has 5 nitrogen and oxygen atoms in total. The molecule has 88 valence electrons. The maximum atomic E-state index is 10.8. The highest BCUT2D eigenvalue weighted by atomic mass is 35.5. The van der Waals surface area contributed by atoms with Gasteiger partial charge in [0, 0.05) is 5.54 Å². The summed E-state index contributed by atoms with van der Waals surface area (Å²) in [6.45, 7) is 3.71. The number of hydrogen-bond acceptors (Lipinski definition) is 4. The number of nitro groups is 1. The van der Waals surface area contributed by atoms with Crippen molar-refractivity contribution in [1.82, 2.24) is 0 Å². The summed E-state index contributed by atoms with van der Waals surface area (Å²) in [6.07, 6.45) is 0. The third kappa shape index (κ3) is 3.36. The minimum Gasteiger partial charge on any atom is -0.485 e. The van der Waals surface area contributed by atoms with Gasteiger partial charge in [0.2, 0.25) is 0 Å². The van der Waals surface area contributed by atoms with E-state index in [9.17, 15) is 10.1 Å². The molecule has 0 amide bonds. The van der Waals surface area contributed by atoms with Crippen LogP contribution in [0.25, 0.3) is 0 Å². The Morgan fingerprint density at radius 2 is 2.19 bits per heavy atom. The minimum absolute atomic E-state index is 0.0531. The topological polar surface area (TPSA) is 78.4 Å². The van der Waals surface area contributed by atoms with Gasteiger partial charge in [0.1, 0.15) is 11.6 Å². The van der Waals surface area contributed by atoms with E-state index in [4.69, 9.17) is 22.1 Å². The van der Waals surface area contributed by atoms with E-state index < -0.39 is 10.5 Å². The van der Waals surface area contributed by atoms with Crippen molar-refractivity contribution >= 4 is 17.3 Å². The second-order valence-electron chi connectivity index (χ2n) is 4.12. The smallest absolute Gasteiger partial charge is 0.329 e. The predicted molar refractivity (Wildman–Crippen MR) is 61.9 cm³/mol. The second-order valence-corrected chi connectivity index (χ2v) is 4.53. The van der Waals surface area contributed by atoms with Crippen LogP contribution in [0.15, 0.2) is 18.2 Å². The Morgan fingerprint density at radius 1 is 1.56 bits per heavy atom. The van der Waals surface area contributed by atoms with Crippen molar-refractivity contribution in [1.29, 1.82) is 0 Å². The van der Waals surface area contributed by atoms with Crippen LogP contribution < -0.4 is 10.5 Å². The lowest BCUT2D eigenvalue weighted by Crippen LogP contribution is -2.38. The maximum Gasteiger partial charge on any atom is 0.329 e. The average Bonchev–Trinajstić information content (AvgIpc) is 2.12. The molecule has 1 aromatic rings. The van der Waals surface area contributed by atoms with Crippen LogP contribution in [0.2, 0.25) is 5.02 Å². The van der Waals surface area contributed by atoms with Crippen LogP contribution in [-0.2, 0) is 0 Å². The molecule has 0 fully saturated rings. The van der Waals surface area contributed by atoms with Crippen molar-refractivity contribution < 1.29 is 9.66 Å². The Balaban J connectivity index is 2.96. The highest BCUT2D eigenvalue weighted by Crippen LogP contribution is 2.34. The van der Waals surface area contributed by atoms with E-state index >= 15 is 0 Å². The van der Waals surface area contributed by atoms with E-state index in [1.54, 1.807) is 19.9 Å². The molecule has 0 aliphatic carbocycles. The third-order valence-electron chi connectivity index (χ3n) is 1.73. The number of nitrogens with zero attached hydrogens (tertiary/aromatic N) is 1. The molecule has 0 aromatic heterocycles. The Kier molecular flexibility index (Phi) is 3.72. The summed E-state index contributed by atoms with van der Waals surface area (Å²) in [5.74, 6) is 0.135. The van der Waals surface area contributed by atoms with E-state index in [2.05, 4.69) is 0 Å². The zero-order chi connectivity index (χ0) is 12.3. The van der Waals surface area contributed by atoms with Gasteiger partial charge in [0.15, 0.2) is 5.75 Å². The average molecular weight is 245 g/mol. The molecule has 2 N–H and O–H groups in total. The molecule has 0 atom stereocenters. The van der Waals surface area contributed by atoms with Crippen LogP contribution >= 0.6 is 11.6 Å². The van der Waals surface area contributed by atoms with Crippen molar-refractivity contribution in [3.05, 3.63) is 33.3 Å². The molecule has 1 rings (SSSR count). The molecule has 0 unspecified atom stereocenters. The van der Waals surface area contributed by atoms with Gasteiger partial charge in [-0.2, -0.15) is 0 Å². The zero-order valence-corrected chi connectivity index (χ0v) is 9.82. The molecular weight excluding hydrogens is 232 g/mol. The first kappa shape index (κ1) is 12.7. The fraction of sp³-hybridized carbons (Fsp3) is 0.400. The monoisotopic (exact) mass is 244 g/mol. The second kappa shape index (κ2) is 4.67. The van der Waals surface area contributed by atoms with Crippen LogP contribution in [0.3, 0.4) is 0 Å². The first-order chi connectivity index (χ1) is 7.31. The standard InChI is InChI=1S/C10H13ClN2O3/c1-10(2,12)6-16-8-5-3-4-7(11)9(8)13(14)15/h3-5H,6,12H2,1-2H3. The van der Waals surface area contributed by atoms with Crippen LogP contribution in [0.4, 0.5) is 5.69 Å². The number of rotatable bonds is 4. The Bertz CT molecular complexity index is 402. The fourth-order valence-corrected chi connectivity index (χ4v) is 1.29. The molecular formula is C10H13ClN2O3. The van der Waals surface area contributed by atoms with Crippen molar-refractivity contribution in [2.45, 2.75) is 19.4 Å². The van der Waals surface area contributed by atoms with Crippen LogP contribution in [0.5, 0.6) is 5.75 Å². The molecule has 0 radical (unpaired) electrons. The largest absolute Gasteiger partial charge is 0.485 e. The van der Waals surface area contributed by atoms with Gasteiger partial charge in [0.05, 0.1) is 4.92 Å². The number of nitro benzene ring substituents is 1. The first-order valence-electron chi connectivity index (χ1n) is 4.66. The first-order valence-corrected chi connectivity index (χ1v) is 5.03. The SMILES string of the molecule is CC(C)(N)COc1cccc(Cl)c1[N+](=O)[O-]. The van der Waals surface area contributed by atoms with Gasteiger partial charge in [-0.25, -0.2) is 0 Å². The Hall–Kier alpha value is -1.33. The maximum absolute atomic E-state index is 10.8. The lowest BCUT2D eigenvalue weighted by molar-refractivity contribution is -0.385. The summed E-state index contributed by atoms with van der Waals surface area (Å²) in [6, 6.07) is 4.53. The predicted octanol–water partition coefficient (Wildman–Crippen LogP) is 2.36. The van der Waals surface area contributed by atoms with Crippen molar-refractivity contribution in [3.8, 4) is 5.75 Å². The van der Waals surface area contributed by atoms with Gasteiger partial charge in [0.25, 0.3) is 0 Å². The number of benzene rings is 1. The van der Waals surface area contributed by atoms with Crippen molar-refractivity contribution in [3.63, 3.8) is 0 Å². The van der Waals surface area contributed by atoms with Gasteiger partial charge in [-0.05, 0) is 26.0 Å². The summed E-state index contributed by atoms with van der Waals surface area (Å²) in [5, 5.41) is 10.8. The molecule has 0 saturated carbocycles. The van der Waals surface area contributed by atoms with Gasteiger partial charge in [-0.3, -0.25) is 10.1 Å². The highest BCUT2D eigenvalue weighted by molar-refractivity contribution is 6.32. The molecule has 0 heterocycles. The molecule has 0 aliphatic rings. The van der Waals surface area contributed by atoms with E-state index in [1.165, 1.54) is 12.1 Å². The molecule has 16 heavy (non-hydrogen) atoms. The van der Waals surface area contributed by atoms with E-state index in [0.717, 1.165) is 0 Å². The molecule has 0 spiro atoms. The normalized spacial score (nSPS) is 11.2. The van der Waals surface area contributed by atoms with Gasteiger partial charge < -0.3 is 10.5 Å². The summed E-state index contributed by atoms with van der Waals surface area (Å²) in [4.78, 5) is 10.2. The lowest BCUT2D eigenvalue weighted by atomic mass is 10.1. The van der Waals surface area contributed by atoms with E-state index in [0.29, 0.717) is 0 Å². The Labute approximate surface area is 98.3 Å². The number of hydrogen-bond donors (Lipinski definition) is 1. The molecule has 1 aromatic carbocycles. The van der Waals surface area contributed by atoms with Gasteiger partial charge >= 0.3 is 5.69 Å². The molecule has 0 aliphatic heterocycles. The van der Waals surface area contributed by atoms with Crippen LogP contribution in [0.1, 0.15) is 13.8 Å². The van der Waals surface area contributed by atoms with Crippen molar-refractivity contribution in [2.75, 3.05) is 6.61 Å². The summed E-state index contributed by atoms with van der Waals surface area (Å²) >= 11 is 5.72. The number of nitrogens with two attached hydrogens (primary N) is 1. The Morgan fingerprint density at radius 3 is 2.69 bits per heavy atom. The fourth-order valence-electron chi connectivity index (χ4n) is 1.05. The van der Waals surface area contributed by atoms with Gasteiger partial charge in [-0.1, -0.05) is 17.7 Å². The van der Waals surface area contributed by atoms with Gasteiger partial charge in [-0.15, -0.1) is 0 Å². The minimum atomic E-state index is -0.568. The van der Waals surface area contributed by atoms with Crippen LogP contribution in [-0.4, -0.2) is 17.1 Å². The number of ether oxygens (including phenoxy) is 1. The van der Waals surface area contributed by atoms with Crippen LogP contribution in [0, 0.1) is 10.1 Å². The summed E-state index contributed by atoms with van der Waals surface area (Å²) < 4.78 is 5.29. The van der Waals surface area contributed by atoms with E-state index in [1.807, 2.05) is 0 Å². The summed E-state index contributed by atoms with van der Waals surface area (Å²) in [5.41, 5.74) is 4.93. The lowest BCUT2D eigenvalue weighted by Gasteiger charge is -2.18. The molecule has 0 saturated heterocycles. The summed E-state index contributed by atoms with van der Waals surface area (Å²) in [7, 11) is 0. The van der Waals surface area contributed by atoms with Crippen molar-refractivity contribution in [2.24, 2.45) is 5.73 Å². The van der Waals surface area contributed by atoms with E-state index in [-0.39, 0.29) is 23.1 Å². The zero-order valence-electron chi connectivity index (χ0n) is 9.07. The number of halogens is 1. The highest BCUT2D eigenvalue weighted by Gasteiger charge is 2.21. The third-order valence-corrected chi connectivity index (χ3v) is 2.04. The number of para-hydroxylation sites is 1.